The first kappa shape index (κ1) is 16.7. The lowest BCUT2D eigenvalue weighted by atomic mass is 9.98. The van der Waals surface area contributed by atoms with E-state index in [0.29, 0.717) is 18.4 Å². The Labute approximate surface area is 107 Å². The Morgan fingerprint density at radius 1 is 1.39 bits per heavy atom. The first-order chi connectivity index (χ1) is 8.43. The summed E-state index contributed by atoms with van der Waals surface area (Å²) in [6.07, 6.45) is 0.878. The molecule has 0 aromatic heterocycles. The van der Waals surface area contributed by atoms with Crippen LogP contribution in [-0.4, -0.2) is 39.7 Å². The molecule has 0 bridgehead atoms. The summed E-state index contributed by atoms with van der Waals surface area (Å²) in [5.74, 6) is 0. The molecule has 3 N–H and O–H groups in total. The third-order valence-electron chi connectivity index (χ3n) is 2.45. The Hall–Kier alpha value is -1.26. The van der Waals surface area contributed by atoms with Gasteiger partial charge in [0, 0.05) is 5.57 Å². The van der Waals surface area contributed by atoms with E-state index in [4.69, 9.17) is 5.11 Å². The number of hydrogen-bond donors (Lipinski definition) is 3. The molecule has 4 unspecified atom stereocenters. The van der Waals surface area contributed by atoms with Crippen molar-refractivity contribution in [3.05, 3.63) is 34.9 Å². The zero-order chi connectivity index (χ0) is 14.1. The molecular formula is C13H21NO4. The summed E-state index contributed by atoms with van der Waals surface area (Å²) >= 11 is 0. The number of rotatable bonds is 8. The zero-order valence-electron chi connectivity index (χ0n) is 10.8. The molecule has 5 heteroatoms. The van der Waals surface area contributed by atoms with Gasteiger partial charge in [-0.1, -0.05) is 11.3 Å². The first-order valence-corrected chi connectivity index (χ1v) is 5.85. The summed E-state index contributed by atoms with van der Waals surface area (Å²) in [7, 11) is 0. The Kier molecular flexibility index (Phi) is 8.16. The first-order valence-electron chi connectivity index (χ1n) is 5.85. The lowest BCUT2D eigenvalue weighted by Gasteiger charge is -2.20. The van der Waals surface area contributed by atoms with Gasteiger partial charge in [-0.25, -0.2) is 0 Å². The normalized spacial score (nSPS) is 16.9. The molecule has 18 heavy (non-hydrogen) atoms. The average Bonchev–Trinajstić information content (AvgIpc) is 2.34. The molecule has 0 spiro atoms. The Bertz CT molecular complexity index is 332. The molecule has 0 rings (SSSR count). The zero-order valence-corrected chi connectivity index (χ0v) is 10.8. The molecule has 4 atom stereocenters. The highest BCUT2D eigenvalue weighted by Gasteiger charge is 2.26. The molecule has 0 heterocycles. The maximum Gasteiger partial charge on any atom is 0.118 e. The molecule has 0 aromatic carbocycles. The molecule has 0 amide bonds. The number of aliphatic hydroxyl groups is 3. The number of nitroso groups, excluding NO2 is 1. The highest BCUT2D eigenvalue weighted by atomic mass is 16.3. The molecule has 0 radical (unpaired) electrons. The van der Waals surface area contributed by atoms with Crippen molar-refractivity contribution in [2.24, 2.45) is 5.18 Å². The Morgan fingerprint density at radius 3 is 2.44 bits per heavy atom. The Morgan fingerprint density at radius 2 is 2.00 bits per heavy atom. The summed E-state index contributed by atoms with van der Waals surface area (Å²) in [6, 6.07) is -0.904. The maximum atomic E-state index is 10.3. The van der Waals surface area contributed by atoms with Crippen LogP contribution in [0.2, 0.25) is 0 Å². The van der Waals surface area contributed by atoms with Crippen LogP contribution in [0.25, 0.3) is 0 Å². The van der Waals surface area contributed by atoms with Crippen LogP contribution in [0.4, 0.5) is 0 Å². The van der Waals surface area contributed by atoms with Gasteiger partial charge in [-0.3, -0.25) is 0 Å². The fourth-order valence-electron chi connectivity index (χ4n) is 1.31. The van der Waals surface area contributed by atoms with E-state index in [-0.39, 0.29) is 0 Å². The second kappa shape index (κ2) is 8.78. The van der Waals surface area contributed by atoms with Gasteiger partial charge in [0.05, 0.1) is 6.10 Å². The molecule has 0 aliphatic rings. The van der Waals surface area contributed by atoms with Crippen LogP contribution >= 0.6 is 0 Å². The van der Waals surface area contributed by atoms with Gasteiger partial charge >= 0.3 is 0 Å². The minimum atomic E-state index is -1.27. The fourth-order valence-corrected chi connectivity index (χ4v) is 1.31. The second-order valence-corrected chi connectivity index (χ2v) is 4.23. The molecule has 0 fully saturated rings. The summed E-state index contributed by atoms with van der Waals surface area (Å²) in [4.78, 5) is 10.3. The van der Waals surface area contributed by atoms with Gasteiger partial charge in [0.2, 0.25) is 0 Å². The SMILES string of the molecule is C=CCC(=C=CCC(C)O)C(O)C(O)C(C)N=O. The van der Waals surface area contributed by atoms with Crippen LogP contribution in [0.3, 0.4) is 0 Å². The van der Waals surface area contributed by atoms with E-state index in [2.05, 4.69) is 17.5 Å². The second-order valence-electron chi connectivity index (χ2n) is 4.23. The van der Waals surface area contributed by atoms with Gasteiger partial charge < -0.3 is 15.3 Å². The average molecular weight is 255 g/mol. The van der Waals surface area contributed by atoms with Crippen molar-refractivity contribution < 1.29 is 15.3 Å². The van der Waals surface area contributed by atoms with Gasteiger partial charge in [0.15, 0.2) is 0 Å². The summed E-state index contributed by atoms with van der Waals surface area (Å²) in [5, 5.41) is 31.4. The van der Waals surface area contributed by atoms with E-state index in [1.54, 1.807) is 19.1 Å². The maximum absolute atomic E-state index is 10.3. The van der Waals surface area contributed by atoms with E-state index in [1.165, 1.54) is 6.92 Å². The van der Waals surface area contributed by atoms with Crippen molar-refractivity contribution in [1.82, 2.24) is 0 Å². The molecule has 102 valence electrons. The minimum Gasteiger partial charge on any atom is -0.393 e. The fraction of sp³-hybridized carbons (Fsp3) is 0.615. The predicted octanol–water partition coefficient (Wildman–Crippen LogP) is 1.29. The number of nitrogens with zero attached hydrogens (tertiary/aromatic N) is 1. The third kappa shape index (κ3) is 5.89. The number of hydrogen-bond acceptors (Lipinski definition) is 5. The molecule has 5 nitrogen and oxygen atoms in total. The molecule has 0 aliphatic heterocycles. The van der Waals surface area contributed by atoms with Crippen LogP contribution < -0.4 is 0 Å². The third-order valence-corrected chi connectivity index (χ3v) is 2.45. The summed E-state index contributed by atoms with van der Waals surface area (Å²) in [6.45, 7) is 6.60. The molecular weight excluding hydrogens is 234 g/mol. The van der Waals surface area contributed by atoms with Gasteiger partial charge in [-0.2, -0.15) is 4.91 Å². The van der Waals surface area contributed by atoms with Gasteiger partial charge in [-0.15, -0.1) is 12.3 Å². The number of aliphatic hydroxyl groups excluding tert-OH is 3. The van der Waals surface area contributed by atoms with E-state index < -0.39 is 24.4 Å². The Balaban J connectivity index is 4.92. The lowest BCUT2D eigenvalue weighted by Crippen LogP contribution is -2.35. The van der Waals surface area contributed by atoms with Crippen molar-refractivity contribution in [3.63, 3.8) is 0 Å². The van der Waals surface area contributed by atoms with Crippen LogP contribution in [-0.2, 0) is 0 Å². The minimum absolute atomic E-state index is 0.333. The molecule has 0 saturated heterocycles. The van der Waals surface area contributed by atoms with Crippen molar-refractivity contribution in [3.8, 4) is 0 Å². The van der Waals surface area contributed by atoms with Crippen LogP contribution in [0, 0.1) is 4.91 Å². The van der Waals surface area contributed by atoms with E-state index in [9.17, 15) is 15.1 Å². The van der Waals surface area contributed by atoms with Gasteiger partial charge in [-0.05, 0) is 32.8 Å². The van der Waals surface area contributed by atoms with Crippen LogP contribution in [0.1, 0.15) is 26.7 Å². The molecule has 0 saturated carbocycles. The summed E-state index contributed by atoms with van der Waals surface area (Å²) < 4.78 is 0. The monoisotopic (exact) mass is 255 g/mol. The lowest BCUT2D eigenvalue weighted by molar-refractivity contribution is 0.0281. The number of allylic oxidation sites excluding steroid dienone is 1. The van der Waals surface area contributed by atoms with Crippen LogP contribution in [0.5, 0.6) is 0 Å². The predicted molar refractivity (Wildman–Crippen MR) is 70.0 cm³/mol. The topological polar surface area (TPSA) is 90.1 Å². The van der Waals surface area contributed by atoms with Crippen molar-refractivity contribution in [2.75, 3.05) is 0 Å². The molecule has 0 aromatic rings. The highest BCUT2D eigenvalue weighted by Crippen LogP contribution is 2.15. The van der Waals surface area contributed by atoms with Crippen molar-refractivity contribution in [2.45, 2.75) is 51.0 Å². The molecule has 0 aliphatic carbocycles. The van der Waals surface area contributed by atoms with Crippen LogP contribution in [0.15, 0.2) is 35.2 Å². The quantitative estimate of drug-likeness (QED) is 0.346. The smallest absolute Gasteiger partial charge is 0.118 e. The van der Waals surface area contributed by atoms with Gasteiger partial charge in [0.25, 0.3) is 0 Å². The van der Waals surface area contributed by atoms with Crippen molar-refractivity contribution >= 4 is 0 Å². The standard InChI is InChI=1S/C13H21NO4/c1-4-6-11(8-5-7-9(2)15)13(17)12(16)10(3)14-18/h4-5,9-10,12-13,15-17H,1,6-7H2,2-3H3. The highest BCUT2D eigenvalue weighted by molar-refractivity contribution is 5.14. The van der Waals surface area contributed by atoms with Crippen molar-refractivity contribution in [1.29, 1.82) is 0 Å². The van der Waals surface area contributed by atoms with E-state index in [1.807, 2.05) is 0 Å². The van der Waals surface area contributed by atoms with Gasteiger partial charge in [0.1, 0.15) is 18.2 Å². The largest absolute Gasteiger partial charge is 0.393 e. The van der Waals surface area contributed by atoms with E-state index in [0.717, 1.165) is 0 Å². The summed E-state index contributed by atoms with van der Waals surface area (Å²) in [5.41, 5.74) is 3.23. The van der Waals surface area contributed by atoms with E-state index >= 15 is 0 Å².